The molecule has 0 atom stereocenters. The molecule has 32 heavy (non-hydrogen) atoms. The van der Waals surface area contributed by atoms with Gasteiger partial charge < -0.3 is 14.2 Å². The third-order valence-electron chi connectivity index (χ3n) is 4.64. The van der Waals surface area contributed by atoms with Gasteiger partial charge in [0, 0.05) is 5.56 Å². The van der Waals surface area contributed by atoms with Crippen LogP contribution >= 0.6 is 11.6 Å². The number of esters is 1. The molecule has 0 heterocycles. The number of benzene rings is 3. The third kappa shape index (κ3) is 5.89. The topological polar surface area (TPSA) is 61.8 Å². The lowest BCUT2D eigenvalue weighted by Gasteiger charge is -2.14. The normalized spacial score (nSPS) is 10.5. The molecule has 3 aromatic rings. The fraction of sp³-hybridized carbons (Fsp3) is 0.231. The molecule has 0 saturated carbocycles. The second-order valence-electron chi connectivity index (χ2n) is 7.01. The van der Waals surface area contributed by atoms with Crippen molar-refractivity contribution >= 4 is 23.4 Å². The highest BCUT2D eigenvalue weighted by Crippen LogP contribution is 2.37. The number of halogens is 1. The molecule has 6 heteroatoms. The average molecular weight is 453 g/mol. The predicted molar refractivity (Wildman–Crippen MR) is 125 cm³/mol. The van der Waals surface area contributed by atoms with Gasteiger partial charge in [-0.15, -0.1) is 0 Å². The van der Waals surface area contributed by atoms with Crippen molar-refractivity contribution in [3.05, 3.63) is 82.9 Å². The Morgan fingerprint density at radius 1 is 0.844 bits per heavy atom. The Balaban J connectivity index is 1.66. The van der Waals surface area contributed by atoms with Crippen LogP contribution in [0.3, 0.4) is 0 Å². The van der Waals surface area contributed by atoms with Crippen molar-refractivity contribution in [2.24, 2.45) is 0 Å². The first-order valence-corrected chi connectivity index (χ1v) is 10.9. The first kappa shape index (κ1) is 23.4. The molecule has 166 valence electrons. The fourth-order valence-corrected chi connectivity index (χ4v) is 3.34. The maximum atomic E-state index is 12.5. The van der Waals surface area contributed by atoms with Crippen molar-refractivity contribution < 1.29 is 23.8 Å². The lowest BCUT2D eigenvalue weighted by atomic mass is 10.0. The van der Waals surface area contributed by atoms with E-state index >= 15 is 0 Å². The molecule has 0 radical (unpaired) electrons. The number of ether oxygens (including phenoxy) is 3. The zero-order valence-electron chi connectivity index (χ0n) is 18.1. The summed E-state index contributed by atoms with van der Waals surface area (Å²) in [5.74, 6) is -0.203. The number of ketones is 1. The summed E-state index contributed by atoms with van der Waals surface area (Å²) in [5.41, 5.74) is 2.72. The van der Waals surface area contributed by atoms with Crippen LogP contribution in [0.15, 0.2) is 66.7 Å². The molecular formula is C26H25ClO5. The molecular weight excluding hydrogens is 428 g/mol. The Bertz CT molecular complexity index is 1060. The lowest BCUT2D eigenvalue weighted by molar-refractivity contribution is 0.0474. The van der Waals surface area contributed by atoms with Gasteiger partial charge in [-0.25, -0.2) is 4.79 Å². The summed E-state index contributed by atoms with van der Waals surface area (Å²) in [4.78, 5) is 25.0. The minimum atomic E-state index is -0.663. The molecule has 3 aromatic carbocycles. The van der Waals surface area contributed by atoms with E-state index in [0.717, 1.165) is 17.5 Å². The zero-order valence-corrected chi connectivity index (χ0v) is 18.9. The summed E-state index contributed by atoms with van der Waals surface area (Å²) in [6, 6.07) is 20.0. The smallest absolute Gasteiger partial charge is 0.338 e. The molecule has 0 aromatic heterocycles. The second kappa shape index (κ2) is 11.3. The largest absolute Gasteiger partial charge is 0.490 e. The Labute approximate surface area is 192 Å². The van der Waals surface area contributed by atoms with Gasteiger partial charge in [0.1, 0.15) is 0 Å². The molecule has 0 amide bonds. The zero-order chi connectivity index (χ0) is 22.9. The van der Waals surface area contributed by atoms with Crippen molar-refractivity contribution in [3.63, 3.8) is 0 Å². The Morgan fingerprint density at radius 3 is 2.19 bits per heavy atom. The van der Waals surface area contributed by atoms with Gasteiger partial charge in [-0.2, -0.15) is 0 Å². The molecule has 0 aliphatic carbocycles. The van der Waals surface area contributed by atoms with E-state index in [2.05, 4.69) is 0 Å². The van der Waals surface area contributed by atoms with Crippen molar-refractivity contribution in [3.8, 4) is 22.6 Å². The van der Waals surface area contributed by atoms with Crippen LogP contribution < -0.4 is 9.47 Å². The molecule has 0 saturated heterocycles. The summed E-state index contributed by atoms with van der Waals surface area (Å²) in [6.07, 6.45) is 0.806. The number of rotatable bonds is 10. The van der Waals surface area contributed by atoms with E-state index in [1.54, 1.807) is 12.1 Å². The monoisotopic (exact) mass is 452 g/mol. The molecule has 0 N–H and O–H groups in total. The predicted octanol–water partition coefficient (Wildman–Crippen LogP) is 6.23. The fourth-order valence-electron chi connectivity index (χ4n) is 3.07. The van der Waals surface area contributed by atoms with Gasteiger partial charge in [-0.1, -0.05) is 73.1 Å². The first-order valence-electron chi connectivity index (χ1n) is 10.5. The highest BCUT2D eigenvalue weighted by Gasteiger charge is 2.18. The van der Waals surface area contributed by atoms with E-state index in [1.165, 1.54) is 12.1 Å². The number of carbonyl (C=O) groups excluding carboxylic acids is 2. The molecule has 3 rings (SSSR count). The van der Waals surface area contributed by atoms with Gasteiger partial charge >= 0.3 is 5.97 Å². The quantitative estimate of drug-likeness (QED) is 0.269. The van der Waals surface area contributed by atoms with Gasteiger partial charge in [0.15, 0.2) is 23.9 Å². The van der Waals surface area contributed by atoms with Gasteiger partial charge in [0.2, 0.25) is 0 Å². The molecule has 0 aliphatic rings. The highest BCUT2D eigenvalue weighted by atomic mass is 35.5. The van der Waals surface area contributed by atoms with Crippen molar-refractivity contribution in [2.75, 3.05) is 19.8 Å². The molecule has 5 nitrogen and oxygen atoms in total. The Kier molecular flexibility index (Phi) is 8.28. The maximum absolute atomic E-state index is 12.5. The van der Waals surface area contributed by atoms with Gasteiger partial charge in [0.05, 0.1) is 23.8 Å². The van der Waals surface area contributed by atoms with Crippen LogP contribution in [-0.4, -0.2) is 31.6 Å². The minimum Gasteiger partial charge on any atom is -0.490 e. The molecule has 0 spiro atoms. The number of hydrogen-bond acceptors (Lipinski definition) is 5. The summed E-state index contributed by atoms with van der Waals surface area (Å²) in [7, 11) is 0. The van der Waals surface area contributed by atoms with Crippen molar-refractivity contribution in [1.29, 1.82) is 0 Å². The van der Waals surface area contributed by atoms with Crippen LogP contribution in [0.25, 0.3) is 11.1 Å². The van der Waals surface area contributed by atoms with Crippen LogP contribution in [0.2, 0.25) is 5.02 Å². The van der Waals surface area contributed by atoms with Crippen LogP contribution in [0, 0.1) is 0 Å². The van der Waals surface area contributed by atoms with E-state index in [-0.39, 0.29) is 23.0 Å². The van der Waals surface area contributed by atoms with Crippen LogP contribution in [0.1, 0.15) is 41.0 Å². The maximum Gasteiger partial charge on any atom is 0.338 e. The van der Waals surface area contributed by atoms with E-state index in [9.17, 15) is 9.59 Å². The standard InChI is InChI=1S/C26H25ClO5/c1-3-14-31-25-22(27)15-21(16-24(25)30-4-2)26(29)32-17-23(28)20-12-10-19(11-13-20)18-8-6-5-7-9-18/h5-13,15-16H,3-4,14,17H2,1-2H3. The summed E-state index contributed by atoms with van der Waals surface area (Å²) in [6.45, 7) is 4.28. The Morgan fingerprint density at radius 2 is 1.53 bits per heavy atom. The summed E-state index contributed by atoms with van der Waals surface area (Å²) < 4.78 is 16.4. The molecule has 0 fully saturated rings. The first-order chi connectivity index (χ1) is 15.5. The Hall–Kier alpha value is -3.31. The van der Waals surface area contributed by atoms with Crippen LogP contribution in [-0.2, 0) is 4.74 Å². The minimum absolute atomic E-state index is 0.189. The van der Waals surface area contributed by atoms with Crippen LogP contribution in [0.5, 0.6) is 11.5 Å². The lowest BCUT2D eigenvalue weighted by Crippen LogP contribution is -2.14. The van der Waals surface area contributed by atoms with E-state index in [0.29, 0.717) is 30.3 Å². The average Bonchev–Trinajstić information content (AvgIpc) is 2.82. The van der Waals surface area contributed by atoms with E-state index < -0.39 is 5.97 Å². The van der Waals surface area contributed by atoms with Gasteiger partial charge in [0.25, 0.3) is 0 Å². The number of Topliss-reactive ketones (excluding diaryl/α,β-unsaturated/α-hetero) is 1. The van der Waals surface area contributed by atoms with Gasteiger partial charge in [-0.3, -0.25) is 4.79 Å². The molecule has 0 aliphatic heterocycles. The third-order valence-corrected chi connectivity index (χ3v) is 4.92. The SMILES string of the molecule is CCCOc1c(Cl)cc(C(=O)OCC(=O)c2ccc(-c3ccccc3)cc2)cc1OCC. The number of hydrogen-bond donors (Lipinski definition) is 0. The molecule has 0 bridgehead atoms. The van der Waals surface area contributed by atoms with E-state index in [1.807, 2.05) is 56.3 Å². The molecule has 0 unspecified atom stereocenters. The number of carbonyl (C=O) groups is 2. The summed E-state index contributed by atoms with van der Waals surface area (Å²) >= 11 is 6.29. The van der Waals surface area contributed by atoms with E-state index in [4.69, 9.17) is 25.8 Å². The van der Waals surface area contributed by atoms with Crippen molar-refractivity contribution in [2.45, 2.75) is 20.3 Å². The van der Waals surface area contributed by atoms with Gasteiger partial charge in [-0.05, 0) is 36.6 Å². The van der Waals surface area contributed by atoms with Crippen molar-refractivity contribution in [1.82, 2.24) is 0 Å². The summed E-state index contributed by atoms with van der Waals surface area (Å²) in [5, 5.41) is 0.249. The second-order valence-corrected chi connectivity index (χ2v) is 7.42. The van der Waals surface area contributed by atoms with Crippen LogP contribution in [0.4, 0.5) is 0 Å². The highest BCUT2D eigenvalue weighted by molar-refractivity contribution is 6.32.